The fraction of sp³-hybridized carbons (Fsp3) is 0.522. The van der Waals surface area contributed by atoms with Crippen LogP contribution in [0.2, 0.25) is 0 Å². The lowest BCUT2D eigenvalue weighted by molar-refractivity contribution is 0.215. The van der Waals surface area contributed by atoms with Crippen molar-refractivity contribution in [2.75, 3.05) is 19.6 Å². The topological polar surface area (TPSA) is 27.0 Å². The summed E-state index contributed by atoms with van der Waals surface area (Å²) in [5.41, 5.74) is 0.804. The third-order valence-electron chi connectivity index (χ3n) is 5.95. The molecule has 0 spiro atoms. The Morgan fingerprint density at radius 3 is 2.48 bits per heavy atom. The minimum atomic E-state index is -0.406. The van der Waals surface area contributed by atoms with E-state index in [2.05, 4.69) is 67.3 Å². The molecule has 0 aromatic heterocycles. The first-order chi connectivity index (χ1) is 12.2. The molecule has 2 nitrogen and oxygen atoms in total. The Kier molecular flexibility index (Phi) is 5.76. The number of hydrogen-bond acceptors (Lipinski definition) is 2. The molecule has 132 valence electrons. The second kappa shape index (κ2) is 8.02. The van der Waals surface area contributed by atoms with Gasteiger partial charge in [-0.15, -0.1) is 0 Å². The van der Waals surface area contributed by atoms with Crippen LogP contribution in [0.1, 0.15) is 51.5 Å². The van der Waals surface area contributed by atoms with Gasteiger partial charge in [0.05, 0.1) is 11.5 Å². The number of fused-ring (bicyclic) bond motifs is 1. The first-order valence-electron chi connectivity index (χ1n) is 9.79. The van der Waals surface area contributed by atoms with Gasteiger partial charge < -0.3 is 4.90 Å². The highest BCUT2D eigenvalue weighted by atomic mass is 15.1. The lowest BCUT2D eigenvalue weighted by Gasteiger charge is -2.34. The molecule has 1 fully saturated rings. The van der Waals surface area contributed by atoms with Crippen LogP contribution in [0.3, 0.4) is 0 Å². The zero-order valence-corrected chi connectivity index (χ0v) is 15.7. The summed E-state index contributed by atoms with van der Waals surface area (Å²) in [4.78, 5) is 2.58. The number of nitrogens with zero attached hydrogens (tertiary/aromatic N) is 2. The van der Waals surface area contributed by atoms with E-state index in [-0.39, 0.29) is 0 Å². The molecule has 25 heavy (non-hydrogen) atoms. The van der Waals surface area contributed by atoms with Crippen LogP contribution in [-0.4, -0.2) is 24.5 Å². The van der Waals surface area contributed by atoms with E-state index >= 15 is 0 Å². The maximum absolute atomic E-state index is 10.2. The third-order valence-corrected chi connectivity index (χ3v) is 5.95. The maximum Gasteiger partial charge on any atom is 0.0851 e. The molecule has 1 unspecified atom stereocenters. The molecular weight excluding hydrogens is 304 g/mol. The monoisotopic (exact) mass is 334 g/mol. The third kappa shape index (κ3) is 3.72. The van der Waals surface area contributed by atoms with Crippen molar-refractivity contribution in [1.29, 1.82) is 5.26 Å². The van der Waals surface area contributed by atoms with Gasteiger partial charge >= 0.3 is 0 Å². The normalized spacial score (nSPS) is 18.2. The van der Waals surface area contributed by atoms with Crippen molar-refractivity contribution in [3.63, 3.8) is 0 Å². The van der Waals surface area contributed by atoms with Gasteiger partial charge in [-0.1, -0.05) is 62.7 Å². The summed E-state index contributed by atoms with van der Waals surface area (Å²) in [7, 11) is 0. The summed E-state index contributed by atoms with van der Waals surface area (Å²) in [6.07, 6.45) is 6.06. The van der Waals surface area contributed by atoms with Crippen molar-refractivity contribution in [3.8, 4) is 6.07 Å². The summed E-state index contributed by atoms with van der Waals surface area (Å²) in [5.74, 6) is 0.296. The minimum Gasteiger partial charge on any atom is -0.303 e. The molecule has 3 rings (SSSR count). The van der Waals surface area contributed by atoms with Gasteiger partial charge in [-0.25, -0.2) is 0 Å². The van der Waals surface area contributed by atoms with E-state index in [0.717, 1.165) is 19.4 Å². The highest BCUT2D eigenvalue weighted by Crippen LogP contribution is 2.40. The van der Waals surface area contributed by atoms with E-state index in [1.165, 1.54) is 48.7 Å². The van der Waals surface area contributed by atoms with Crippen molar-refractivity contribution in [2.45, 2.75) is 51.4 Å². The maximum atomic E-state index is 10.2. The fourth-order valence-corrected chi connectivity index (χ4v) is 4.36. The number of hydrogen-bond donors (Lipinski definition) is 0. The number of rotatable bonds is 6. The Morgan fingerprint density at radius 1 is 1.04 bits per heavy atom. The van der Waals surface area contributed by atoms with Crippen LogP contribution in [0.25, 0.3) is 10.8 Å². The van der Waals surface area contributed by atoms with Crippen molar-refractivity contribution in [3.05, 3.63) is 48.0 Å². The Bertz CT molecular complexity index is 732. The number of likely N-dealkylation sites (tertiary alicyclic amines) is 1. The van der Waals surface area contributed by atoms with Gasteiger partial charge in [0.25, 0.3) is 0 Å². The standard InChI is InChI=1S/C23H30N2/c1-19(2)23(18-24,14-9-17-25-15-6-3-7-16-25)22-13-8-11-20-10-4-5-12-21(20)22/h4-5,8,10-13,19H,3,6-7,9,14-17H2,1-2H3. The van der Waals surface area contributed by atoms with Gasteiger partial charge in [-0.3, -0.25) is 0 Å². The molecule has 0 N–H and O–H groups in total. The van der Waals surface area contributed by atoms with Crippen LogP contribution < -0.4 is 0 Å². The molecule has 1 saturated heterocycles. The second-order valence-corrected chi connectivity index (χ2v) is 7.77. The Hall–Kier alpha value is -1.85. The Morgan fingerprint density at radius 2 is 1.76 bits per heavy atom. The zero-order valence-electron chi connectivity index (χ0n) is 15.7. The van der Waals surface area contributed by atoms with Gasteiger partial charge in [0, 0.05) is 0 Å². The molecule has 2 aromatic rings. The van der Waals surface area contributed by atoms with Gasteiger partial charge in [0.2, 0.25) is 0 Å². The molecule has 2 heteroatoms. The Balaban J connectivity index is 1.86. The van der Waals surface area contributed by atoms with E-state index in [4.69, 9.17) is 0 Å². The quantitative estimate of drug-likeness (QED) is 0.695. The highest BCUT2D eigenvalue weighted by Gasteiger charge is 2.36. The average molecular weight is 335 g/mol. The van der Waals surface area contributed by atoms with Crippen molar-refractivity contribution in [1.82, 2.24) is 4.90 Å². The smallest absolute Gasteiger partial charge is 0.0851 e. The fourth-order valence-electron chi connectivity index (χ4n) is 4.36. The predicted molar refractivity (Wildman–Crippen MR) is 106 cm³/mol. The van der Waals surface area contributed by atoms with Crippen molar-refractivity contribution < 1.29 is 0 Å². The Labute approximate surface area is 152 Å². The predicted octanol–water partition coefficient (Wildman–Crippen LogP) is 5.52. The van der Waals surface area contributed by atoms with Crippen LogP contribution in [-0.2, 0) is 5.41 Å². The first-order valence-corrected chi connectivity index (χ1v) is 9.79. The first kappa shape index (κ1) is 18.0. The molecular formula is C23H30N2. The van der Waals surface area contributed by atoms with Gasteiger partial charge in [0.15, 0.2) is 0 Å². The van der Waals surface area contributed by atoms with Crippen molar-refractivity contribution >= 4 is 10.8 Å². The molecule has 1 atom stereocenters. The van der Waals surface area contributed by atoms with Gasteiger partial charge in [0.1, 0.15) is 0 Å². The van der Waals surface area contributed by atoms with Crippen LogP contribution in [0.5, 0.6) is 0 Å². The zero-order chi connectivity index (χ0) is 17.7. The molecule has 0 aliphatic carbocycles. The van der Waals surface area contributed by atoms with Gasteiger partial charge in [-0.05, 0) is 67.6 Å². The van der Waals surface area contributed by atoms with E-state index in [9.17, 15) is 5.26 Å². The number of benzene rings is 2. The molecule has 0 saturated carbocycles. The summed E-state index contributed by atoms with van der Waals surface area (Å²) in [5, 5.41) is 12.7. The lowest BCUT2D eigenvalue weighted by atomic mass is 9.68. The number of nitriles is 1. The second-order valence-electron chi connectivity index (χ2n) is 7.77. The minimum absolute atomic E-state index is 0.296. The molecule has 2 aromatic carbocycles. The van der Waals surface area contributed by atoms with E-state index < -0.39 is 5.41 Å². The number of piperidine rings is 1. The van der Waals surface area contributed by atoms with Crippen LogP contribution >= 0.6 is 0 Å². The summed E-state index contributed by atoms with van der Waals surface area (Å²) in [6, 6.07) is 17.7. The molecule has 0 amide bonds. The molecule has 0 bridgehead atoms. The molecule has 0 radical (unpaired) electrons. The van der Waals surface area contributed by atoms with Gasteiger partial charge in [-0.2, -0.15) is 5.26 Å². The summed E-state index contributed by atoms with van der Waals surface area (Å²) < 4.78 is 0. The van der Waals surface area contributed by atoms with Crippen LogP contribution in [0.15, 0.2) is 42.5 Å². The molecule has 1 aliphatic rings. The summed E-state index contributed by atoms with van der Waals surface area (Å²) >= 11 is 0. The van der Waals surface area contributed by atoms with Crippen LogP contribution in [0.4, 0.5) is 0 Å². The van der Waals surface area contributed by atoms with E-state index in [1.54, 1.807) is 0 Å². The summed E-state index contributed by atoms with van der Waals surface area (Å²) in [6.45, 7) is 7.99. The largest absolute Gasteiger partial charge is 0.303 e. The van der Waals surface area contributed by atoms with E-state index in [1.807, 2.05) is 0 Å². The average Bonchev–Trinajstić information content (AvgIpc) is 2.66. The van der Waals surface area contributed by atoms with Crippen molar-refractivity contribution in [2.24, 2.45) is 5.92 Å². The SMILES string of the molecule is CC(C)C(C#N)(CCCN1CCCCC1)c1cccc2ccccc12. The highest BCUT2D eigenvalue weighted by molar-refractivity contribution is 5.87. The van der Waals surface area contributed by atoms with E-state index in [0.29, 0.717) is 5.92 Å². The lowest BCUT2D eigenvalue weighted by Crippen LogP contribution is -2.34. The van der Waals surface area contributed by atoms with Crippen LogP contribution in [0, 0.1) is 17.2 Å². The molecule has 1 heterocycles. The molecule has 1 aliphatic heterocycles.